The summed E-state index contributed by atoms with van der Waals surface area (Å²) in [7, 11) is 0. The molecule has 0 aromatic heterocycles. The lowest BCUT2D eigenvalue weighted by Crippen LogP contribution is -2.47. The Kier molecular flexibility index (Phi) is 10.8. The minimum Gasteiger partial charge on any atom is -0.464 e. The normalized spacial score (nSPS) is 16.0. The van der Waals surface area contributed by atoms with E-state index < -0.39 is 12.1 Å². The van der Waals surface area contributed by atoms with Crippen molar-refractivity contribution in [1.29, 1.82) is 0 Å². The van der Waals surface area contributed by atoms with Gasteiger partial charge >= 0.3 is 12.1 Å². The molecule has 0 radical (unpaired) electrons. The molecule has 1 rings (SSSR count). The van der Waals surface area contributed by atoms with Crippen LogP contribution in [0.3, 0.4) is 0 Å². The van der Waals surface area contributed by atoms with Crippen molar-refractivity contribution >= 4 is 12.1 Å². The number of esters is 1. The molecule has 1 N–H and O–H groups in total. The van der Waals surface area contributed by atoms with Gasteiger partial charge in [-0.1, -0.05) is 45.4 Å². The fraction of sp³-hybridized carbons (Fsp3) is 0.789. The second-order valence-corrected chi connectivity index (χ2v) is 6.34. The van der Waals surface area contributed by atoms with Crippen LogP contribution in [0.15, 0.2) is 0 Å². The highest BCUT2D eigenvalue weighted by atomic mass is 16.6. The van der Waals surface area contributed by atoms with Gasteiger partial charge < -0.3 is 14.8 Å². The Morgan fingerprint density at radius 2 is 1.88 bits per heavy atom. The Bertz CT molecular complexity index is 410. The number of nitrogens with one attached hydrogen (secondary N) is 1. The Labute approximate surface area is 145 Å². The molecular formula is C19H31NO4. The van der Waals surface area contributed by atoms with Crippen LogP contribution in [0.5, 0.6) is 0 Å². The highest BCUT2D eigenvalue weighted by molar-refractivity contribution is 5.81. The van der Waals surface area contributed by atoms with E-state index in [1.165, 1.54) is 6.42 Å². The Morgan fingerprint density at radius 1 is 1.12 bits per heavy atom. The van der Waals surface area contributed by atoms with Crippen molar-refractivity contribution in [1.82, 2.24) is 5.32 Å². The van der Waals surface area contributed by atoms with Gasteiger partial charge in [-0.3, -0.25) is 0 Å². The lowest BCUT2D eigenvalue weighted by molar-refractivity contribution is -0.148. The lowest BCUT2D eigenvalue weighted by Gasteiger charge is -2.29. The molecule has 0 aromatic carbocycles. The van der Waals surface area contributed by atoms with Crippen molar-refractivity contribution in [2.75, 3.05) is 13.2 Å². The van der Waals surface area contributed by atoms with Crippen LogP contribution in [0.25, 0.3) is 0 Å². The maximum atomic E-state index is 12.4. The van der Waals surface area contributed by atoms with Crippen LogP contribution < -0.4 is 5.32 Å². The van der Waals surface area contributed by atoms with E-state index in [0.717, 1.165) is 51.4 Å². The molecule has 0 aliphatic heterocycles. The summed E-state index contributed by atoms with van der Waals surface area (Å²) < 4.78 is 10.4. The van der Waals surface area contributed by atoms with E-state index >= 15 is 0 Å². The van der Waals surface area contributed by atoms with Crippen LogP contribution in [-0.2, 0) is 14.3 Å². The molecule has 1 unspecified atom stereocenters. The van der Waals surface area contributed by atoms with Gasteiger partial charge in [-0.05, 0) is 25.2 Å². The lowest BCUT2D eigenvalue weighted by atomic mass is 9.84. The molecule has 0 bridgehead atoms. The van der Waals surface area contributed by atoms with Gasteiger partial charge in [-0.15, -0.1) is 12.3 Å². The second kappa shape index (κ2) is 12.7. The number of hydrogen-bond acceptors (Lipinski definition) is 4. The molecule has 0 aromatic rings. The minimum absolute atomic E-state index is 0.127. The van der Waals surface area contributed by atoms with E-state index in [4.69, 9.17) is 15.9 Å². The standard InChI is InChI=1S/C19H31NO4/c1-3-5-7-11-15-23-18(21)17(16-12-9-8-10-13-16)20-19(22)24-14-6-4-2/h2,16-17H,3,5-15H2,1H3,(H,20,22). The van der Waals surface area contributed by atoms with Crippen molar-refractivity contribution in [3.05, 3.63) is 0 Å². The van der Waals surface area contributed by atoms with Crippen molar-refractivity contribution in [2.24, 2.45) is 5.92 Å². The molecule has 1 amide bonds. The maximum absolute atomic E-state index is 12.4. The molecule has 136 valence electrons. The number of alkyl carbamates (subject to hydrolysis) is 1. The first-order valence-corrected chi connectivity index (χ1v) is 9.22. The third-order valence-corrected chi connectivity index (χ3v) is 4.37. The molecule has 24 heavy (non-hydrogen) atoms. The van der Waals surface area contributed by atoms with Gasteiger partial charge in [-0.25, -0.2) is 9.59 Å². The minimum atomic E-state index is -0.616. The topological polar surface area (TPSA) is 64.6 Å². The zero-order valence-corrected chi connectivity index (χ0v) is 14.9. The molecule has 5 nitrogen and oxygen atoms in total. The molecule has 1 aliphatic carbocycles. The van der Waals surface area contributed by atoms with Gasteiger partial charge in [0.25, 0.3) is 0 Å². The number of unbranched alkanes of at least 4 members (excludes halogenated alkanes) is 3. The van der Waals surface area contributed by atoms with Gasteiger partial charge in [0.05, 0.1) is 6.61 Å². The number of rotatable bonds is 10. The van der Waals surface area contributed by atoms with E-state index in [-0.39, 0.29) is 18.5 Å². The monoisotopic (exact) mass is 337 g/mol. The van der Waals surface area contributed by atoms with Crippen LogP contribution in [0.1, 0.15) is 71.1 Å². The van der Waals surface area contributed by atoms with E-state index in [9.17, 15) is 9.59 Å². The fourth-order valence-corrected chi connectivity index (χ4v) is 3.00. The van der Waals surface area contributed by atoms with Gasteiger partial charge in [0.15, 0.2) is 0 Å². The molecule has 0 heterocycles. The molecule has 1 aliphatic rings. The highest BCUT2D eigenvalue weighted by Crippen LogP contribution is 2.27. The Balaban J connectivity index is 2.48. The summed E-state index contributed by atoms with van der Waals surface area (Å²) in [6, 6.07) is -0.616. The summed E-state index contributed by atoms with van der Waals surface area (Å²) in [5.74, 6) is 2.20. The van der Waals surface area contributed by atoms with Crippen LogP contribution in [0.4, 0.5) is 4.79 Å². The average molecular weight is 337 g/mol. The summed E-state index contributed by atoms with van der Waals surface area (Å²) in [5, 5.41) is 2.69. The average Bonchev–Trinajstić information content (AvgIpc) is 2.60. The summed E-state index contributed by atoms with van der Waals surface area (Å²) in [5.41, 5.74) is 0. The Morgan fingerprint density at radius 3 is 2.54 bits per heavy atom. The first kappa shape index (κ1) is 20.3. The SMILES string of the molecule is C#CCCOC(=O)NC(C(=O)OCCCCCC)C1CCCCC1. The number of carbonyl (C=O) groups excluding carboxylic acids is 2. The van der Waals surface area contributed by atoms with E-state index in [0.29, 0.717) is 13.0 Å². The zero-order chi connectivity index (χ0) is 17.6. The van der Waals surface area contributed by atoms with Gasteiger partial charge in [0, 0.05) is 6.42 Å². The quantitative estimate of drug-likeness (QED) is 0.374. The third-order valence-electron chi connectivity index (χ3n) is 4.37. The van der Waals surface area contributed by atoms with Gasteiger partial charge in [0.2, 0.25) is 0 Å². The molecule has 0 saturated heterocycles. The molecule has 5 heteroatoms. The molecule has 1 fully saturated rings. The van der Waals surface area contributed by atoms with Crippen molar-refractivity contribution < 1.29 is 19.1 Å². The number of ether oxygens (including phenoxy) is 2. The molecule has 1 saturated carbocycles. The summed E-state index contributed by atoms with van der Waals surface area (Å²) >= 11 is 0. The smallest absolute Gasteiger partial charge is 0.407 e. The van der Waals surface area contributed by atoms with Crippen molar-refractivity contribution in [3.63, 3.8) is 0 Å². The van der Waals surface area contributed by atoms with Crippen LogP contribution in [-0.4, -0.2) is 31.3 Å². The molecular weight excluding hydrogens is 306 g/mol. The summed E-state index contributed by atoms with van der Waals surface area (Å²) in [4.78, 5) is 24.3. The molecule has 1 atom stereocenters. The maximum Gasteiger partial charge on any atom is 0.407 e. The number of carbonyl (C=O) groups is 2. The van der Waals surface area contributed by atoms with E-state index in [1.807, 2.05) is 0 Å². The number of amides is 1. The third kappa shape index (κ3) is 8.24. The number of hydrogen-bond donors (Lipinski definition) is 1. The van der Waals surface area contributed by atoms with Crippen molar-refractivity contribution in [3.8, 4) is 12.3 Å². The largest absolute Gasteiger partial charge is 0.464 e. The molecule has 0 spiro atoms. The predicted octanol–water partition coefficient (Wildman–Crippen LogP) is 3.81. The van der Waals surface area contributed by atoms with Gasteiger partial charge in [0.1, 0.15) is 12.6 Å². The highest BCUT2D eigenvalue weighted by Gasteiger charge is 2.32. The van der Waals surface area contributed by atoms with Gasteiger partial charge in [-0.2, -0.15) is 0 Å². The number of terminal acetylenes is 1. The zero-order valence-electron chi connectivity index (χ0n) is 14.9. The van der Waals surface area contributed by atoms with E-state index in [2.05, 4.69) is 18.2 Å². The Hall–Kier alpha value is -1.70. The summed E-state index contributed by atoms with van der Waals surface area (Å²) in [6.45, 7) is 2.71. The van der Waals surface area contributed by atoms with Crippen molar-refractivity contribution in [2.45, 2.75) is 77.2 Å². The van der Waals surface area contributed by atoms with Crippen LogP contribution >= 0.6 is 0 Å². The predicted molar refractivity (Wildman–Crippen MR) is 93.4 cm³/mol. The summed E-state index contributed by atoms with van der Waals surface area (Å²) in [6.07, 6.45) is 14.3. The first-order chi connectivity index (χ1) is 11.7. The van der Waals surface area contributed by atoms with E-state index in [1.54, 1.807) is 0 Å². The fourth-order valence-electron chi connectivity index (χ4n) is 3.00. The first-order valence-electron chi connectivity index (χ1n) is 9.22. The second-order valence-electron chi connectivity index (χ2n) is 6.34. The van der Waals surface area contributed by atoms with Crippen LogP contribution in [0, 0.1) is 18.3 Å². The van der Waals surface area contributed by atoms with Crippen LogP contribution in [0.2, 0.25) is 0 Å².